The maximum Gasteiger partial charge on any atom is 0.375 e. The quantitative estimate of drug-likeness (QED) is 0.652. The minimum atomic E-state index is -0.715. The number of esters is 1. The summed E-state index contributed by atoms with van der Waals surface area (Å²) in [6.07, 6.45) is 0. The van der Waals surface area contributed by atoms with E-state index >= 15 is 0 Å². The van der Waals surface area contributed by atoms with E-state index in [9.17, 15) is 9.59 Å². The zero-order valence-electron chi connectivity index (χ0n) is 15.1. The van der Waals surface area contributed by atoms with Crippen molar-refractivity contribution < 1.29 is 23.5 Å². The van der Waals surface area contributed by atoms with Crippen LogP contribution in [-0.4, -0.2) is 25.6 Å². The van der Waals surface area contributed by atoms with Crippen LogP contribution >= 0.6 is 11.6 Å². The Balaban J connectivity index is 1.67. The molecule has 3 rings (SSSR count). The minimum Gasteiger partial charge on any atom is -0.497 e. The predicted octanol–water partition coefficient (Wildman–Crippen LogP) is 4.51. The number of hydrogen-bond donors (Lipinski definition) is 1. The Labute approximate surface area is 161 Å². The van der Waals surface area contributed by atoms with Gasteiger partial charge in [-0.3, -0.25) is 4.79 Å². The smallest absolute Gasteiger partial charge is 0.375 e. The summed E-state index contributed by atoms with van der Waals surface area (Å²) >= 11 is 6.08. The predicted molar refractivity (Wildman–Crippen MR) is 103 cm³/mol. The molecule has 1 aromatic heterocycles. The molecule has 6 nitrogen and oxygen atoms in total. The molecule has 2 aromatic carbocycles. The number of aryl methyl sites for hydroxylation is 2. The molecule has 140 valence electrons. The number of fused-ring (bicyclic) bond motifs is 1. The summed E-state index contributed by atoms with van der Waals surface area (Å²) in [6.45, 7) is 3.18. The van der Waals surface area contributed by atoms with Crippen LogP contribution in [0.2, 0.25) is 5.02 Å². The Morgan fingerprint density at radius 2 is 1.93 bits per heavy atom. The molecule has 0 saturated heterocycles. The molecule has 1 heterocycles. The second-order valence-electron chi connectivity index (χ2n) is 6.03. The second-order valence-corrected chi connectivity index (χ2v) is 6.43. The highest BCUT2D eigenvalue weighted by Crippen LogP contribution is 2.29. The molecule has 0 bridgehead atoms. The van der Waals surface area contributed by atoms with Crippen molar-refractivity contribution in [3.05, 3.63) is 58.3 Å². The monoisotopic (exact) mass is 387 g/mol. The van der Waals surface area contributed by atoms with E-state index in [1.165, 1.54) is 0 Å². The number of hydrogen-bond acceptors (Lipinski definition) is 5. The molecule has 0 aliphatic carbocycles. The summed E-state index contributed by atoms with van der Waals surface area (Å²) in [5, 5.41) is 3.77. The van der Waals surface area contributed by atoms with Crippen molar-refractivity contribution in [3.8, 4) is 5.75 Å². The second kappa shape index (κ2) is 7.72. The van der Waals surface area contributed by atoms with Crippen LogP contribution in [0.1, 0.15) is 21.7 Å². The Hall–Kier alpha value is -2.99. The number of methoxy groups -OCH3 is 1. The molecule has 0 aliphatic heterocycles. The number of amides is 1. The molecule has 0 spiro atoms. The van der Waals surface area contributed by atoms with Gasteiger partial charge in [0.1, 0.15) is 11.3 Å². The van der Waals surface area contributed by atoms with Crippen LogP contribution in [0.5, 0.6) is 5.75 Å². The normalized spacial score (nSPS) is 10.7. The molecule has 0 unspecified atom stereocenters. The van der Waals surface area contributed by atoms with Crippen LogP contribution in [0.15, 0.2) is 40.8 Å². The molecule has 0 atom stereocenters. The van der Waals surface area contributed by atoms with Gasteiger partial charge < -0.3 is 19.2 Å². The fraction of sp³-hybridized carbons (Fsp3) is 0.200. The van der Waals surface area contributed by atoms with Gasteiger partial charge in [-0.25, -0.2) is 4.79 Å². The molecule has 1 N–H and O–H groups in total. The van der Waals surface area contributed by atoms with E-state index < -0.39 is 18.5 Å². The number of benzene rings is 2. The molecular formula is C20H18ClNO5. The van der Waals surface area contributed by atoms with Crippen molar-refractivity contribution in [1.29, 1.82) is 0 Å². The van der Waals surface area contributed by atoms with Crippen molar-refractivity contribution >= 4 is 40.1 Å². The van der Waals surface area contributed by atoms with Crippen molar-refractivity contribution in [2.75, 3.05) is 19.0 Å². The van der Waals surface area contributed by atoms with Crippen molar-refractivity contribution in [2.45, 2.75) is 13.8 Å². The summed E-state index contributed by atoms with van der Waals surface area (Å²) in [6, 6.07) is 10.5. The van der Waals surface area contributed by atoms with Crippen molar-refractivity contribution in [1.82, 2.24) is 0 Å². The molecule has 0 saturated carbocycles. The average Bonchev–Trinajstić information content (AvgIpc) is 2.98. The molecule has 0 radical (unpaired) electrons. The number of anilines is 1. The first-order valence-electron chi connectivity index (χ1n) is 8.19. The Bertz CT molecular complexity index is 1020. The van der Waals surface area contributed by atoms with E-state index in [-0.39, 0.29) is 5.76 Å². The zero-order chi connectivity index (χ0) is 19.6. The first kappa shape index (κ1) is 18.8. The SMILES string of the molecule is COc1ccc2oc(C(=O)OCC(=O)Nc3ccc(C)cc3Cl)c(C)c2c1. The van der Waals surface area contributed by atoms with Gasteiger partial charge in [0.25, 0.3) is 5.91 Å². The van der Waals surface area contributed by atoms with Gasteiger partial charge >= 0.3 is 5.97 Å². The zero-order valence-corrected chi connectivity index (χ0v) is 15.8. The molecule has 0 aliphatic rings. The van der Waals surface area contributed by atoms with Crippen molar-refractivity contribution in [3.63, 3.8) is 0 Å². The van der Waals surface area contributed by atoms with Crippen LogP contribution in [-0.2, 0) is 9.53 Å². The standard InChI is InChI=1S/C20H18ClNO5/c1-11-4-6-16(15(21)8-11)22-18(23)10-26-20(24)19-12(2)14-9-13(25-3)5-7-17(14)27-19/h4-9H,10H2,1-3H3,(H,22,23). The lowest BCUT2D eigenvalue weighted by atomic mass is 10.1. The third-order valence-corrected chi connectivity index (χ3v) is 4.37. The van der Waals surface area contributed by atoms with Gasteiger partial charge in [-0.15, -0.1) is 0 Å². The van der Waals surface area contributed by atoms with Crippen LogP contribution in [0, 0.1) is 13.8 Å². The molecular weight excluding hydrogens is 370 g/mol. The fourth-order valence-electron chi connectivity index (χ4n) is 2.63. The van der Waals surface area contributed by atoms with Crippen LogP contribution in [0.3, 0.4) is 0 Å². The minimum absolute atomic E-state index is 0.0550. The van der Waals surface area contributed by atoms with Gasteiger partial charge in [-0.1, -0.05) is 17.7 Å². The van der Waals surface area contributed by atoms with E-state index in [1.807, 2.05) is 13.0 Å². The van der Waals surface area contributed by atoms with Gasteiger partial charge in [-0.05, 0) is 49.7 Å². The lowest BCUT2D eigenvalue weighted by molar-refractivity contribution is -0.119. The lowest BCUT2D eigenvalue weighted by Crippen LogP contribution is -2.21. The maximum atomic E-state index is 12.3. The highest BCUT2D eigenvalue weighted by Gasteiger charge is 2.20. The first-order chi connectivity index (χ1) is 12.9. The third kappa shape index (κ3) is 4.06. The van der Waals surface area contributed by atoms with Gasteiger partial charge in [0.05, 0.1) is 17.8 Å². The molecule has 3 aromatic rings. The summed E-state index contributed by atoms with van der Waals surface area (Å²) in [4.78, 5) is 24.3. The van der Waals surface area contributed by atoms with Gasteiger partial charge in [0.15, 0.2) is 6.61 Å². The summed E-state index contributed by atoms with van der Waals surface area (Å²) in [5.74, 6) is -0.502. The summed E-state index contributed by atoms with van der Waals surface area (Å²) in [5.41, 5.74) is 2.59. The number of rotatable bonds is 5. The van der Waals surface area contributed by atoms with Gasteiger partial charge in [0.2, 0.25) is 5.76 Å². The molecule has 7 heteroatoms. The number of ether oxygens (including phenoxy) is 2. The molecule has 1 amide bonds. The number of carbonyl (C=O) groups is 2. The van der Waals surface area contributed by atoms with E-state index in [0.29, 0.717) is 27.6 Å². The summed E-state index contributed by atoms with van der Waals surface area (Å²) < 4.78 is 15.8. The number of furan rings is 1. The van der Waals surface area contributed by atoms with Gasteiger partial charge in [-0.2, -0.15) is 0 Å². The number of halogens is 1. The highest BCUT2D eigenvalue weighted by atomic mass is 35.5. The number of nitrogens with one attached hydrogen (secondary N) is 1. The Morgan fingerprint density at radius 1 is 1.15 bits per heavy atom. The van der Waals surface area contributed by atoms with E-state index in [1.54, 1.807) is 44.4 Å². The largest absolute Gasteiger partial charge is 0.497 e. The van der Waals surface area contributed by atoms with E-state index in [4.69, 9.17) is 25.5 Å². The van der Waals surface area contributed by atoms with E-state index in [2.05, 4.69) is 5.32 Å². The topological polar surface area (TPSA) is 77.8 Å². The van der Waals surface area contributed by atoms with E-state index in [0.717, 1.165) is 10.9 Å². The van der Waals surface area contributed by atoms with Crippen molar-refractivity contribution in [2.24, 2.45) is 0 Å². The lowest BCUT2D eigenvalue weighted by Gasteiger charge is -2.08. The van der Waals surface area contributed by atoms with Crippen LogP contribution in [0.25, 0.3) is 11.0 Å². The molecule has 27 heavy (non-hydrogen) atoms. The van der Waals surface area contributed by atoms with Crippen LogP contribution < -0.4 is 10.1 Å². The Morgan fingerprint density at radius 3 is 2.63 bits per heavy atom. The molecule has 0 fully saturated rings. The average molecular weight is 388 g/mol. The van der Waals surface area contributed by atoms with Crippen LogP contribution in [0.4, 0.5) is 5.69 Å². The third-order valence-electron chi connectivity index (χ3n) is 4.06. The number of carbonyl (C=O) groups excluding carboxylic acids is 2. The highest BCUT2D eigenvalue weighted by molar-refractivity contribution is 6.33. The first-order valence-corrected chi connectivity index (χ1v) is 8.57. The summed E-state index contributed by atoms with van der Waals surface area (Å²) in [7, 11) is 1.56. The fourth-order valence-corrected chi connectivity index (χ4v) is 2.91. The maximum absolute atomic E-state index is 12.3. The Kier molecular flexibility index (Phi) is 5.37. The van der Waals surface area contributed by atoms with Gasteiger partial charge in [0, 0.05) is 10.9 Å².